The van der Waals surface area contributed by atoms with E-state index in [9.17, 15) is 0 Å². The number of nitrogens with zero attached hydrogens (tertiary/aromatic N) is 1. The zero-order valence-electron chi connectivity index (χ0n) is 13.5. The highest BCUT2D eigenvalue weighted by molar-refractivity contribution is 4.87. The molecule has 19 heavy (non-hydrogen) atoms. The lowest BCUT2D eigenvalue weighted by molar-refractivity contribution is -0.0276. The average Bonchev–Trinajstić information content (AvgIpc) is 2.40. The molecular weight excluding hydrogens is 236 g/mol. The molecule has 0 saturated carbocycles. The molecule has 114 valence electrons. The van der Waals surface area contributed by atoms with E-state index in [1.807, 2.05) is 0 Å². The summed E-state index contributed by atoms with van der Waals surface area (Å²) >= 11 is 0. The summed E-state index contributed by atoms with van der Waals surface area (Å²) in [6, 6.07) is 0.676. The Hall–Kier alpha value is -0.120. The molecule has 2 unspecified atom stereocenters. The summed E-state index contributed by atoms with van der Waals surface area (Å²) in [6.07, 6.45) is 6.27. The third-order valence-corrected chi connectivity index (χ3v) is 4.37. The zero-order valence-corrected chi connectivity index (χ0v) is 13.5. The van der Waals surface area contributed by atoms with Gasteiger partial charge in [-0.15, -0.1) is 0 Å². The highest BCUT2D eigenvalue weighted by Gasteiger charge is 2.34. The maximum absolute atomic E-state index is 5.79. The quantitative estimate of drug-likeness (QED) is 0.652. The van der Waals surface area contributed by atoms with Gasteiger partial charge in [-0.2, -0.15) is 0 Å². The Morgan fingerprint density at radius 3 is 2.68 bits per heavy atom. The van der Waals surface area contributed by atoms with Crippen LogP contribution in [0.1, 0.15) is 52.9 Å². The molecule has 0 amide bonds. The SMILES string of the molecule is CCCNCC1(CN(C)C(C)CCC)CCCOC1. The van der Waals surface area contributed by atoms with Crippen molar-refractivity contribution in [3.8, 4) is 0 Å². The minimum Gasteiger partial charge on any atom is -0.381 e. The van der Waals surface area contributed by atoms with Crippen LogP contribution in [0.15, 0.2) is 0 Å². The molecule has 1 aliphatic heterocycles. The van der Waals surface area contributed by atoms with Crippen LogP contribution in [-0.4, -0.2) is 50.8 Å². The van der Waals surface area contributed by atoms with Gasteiger partial charge in [0.2, 0.25) is 0 Å². The molecule has 3 nitrogen and oxygen atoms in total. The summed E-state index contributed by atoms with van der Waals surface area (Å²) in [6.45, 7) is 12.1. The number of hydrogen-bond donors (Lipinski definition) is 1. The Bertz CT molecular complexity index is 227. The van der Waals surface area contributed by atoms with Crippen LogP contribution in [0.3, 0.4) is 0 Å². The van der Waals surface area contributed by atoms with E-state index in [4.69, 9.17) is 4.74 Å². The number of rotatable bonds is 9. The standard InChI is InChI=1S/C16H34N2O/c1-5-8-15(3)18(4)13-16(12-17-10-6-2)9-7-11-19-14-16/h15,17H,5-14H2,1-4H3. The summed E-state index contributed by atoms with van der Waals surface area (Å²) in [5.41, 5.74) is 0.324. The Labute approximate surface area is 120 Å². The van der Waals surface area contributed by atoms with Crippen molar-refractivity contribution in [1.29, 1.82) is 0 Å². The third-order valence-electron chi connectivity index (χ3n) is 4.37. The van der Waals surface area contributed by atoms with Crippen LogP contribution < -0.4 is 5.32 Å². The van der Waals surface area contributed by atoms with Crippen molar-refractivity contribution in [2.75, 3.05) is 39.9 Å². The van der Waals surface area contributed by atoms with Gasteiger partial charge in [-0.25, -0.2) is 0 Å². The number of ether oxygens (including phenoxy) is 1. The fourth-order valence-corrected chi connectivity index (χ4v) is 3.08. The smallest absolute Gasteiger partial charge is 0.0546 e. The highest BCUT2D eigenvalue weighted by Crippen LogP contribution is 2.29. The Morgan fingerprint density at radius 1 is 1.32 bits per heavy atom. The van der Waals surface area contributed by atoms with E-state index in [1.165, 1.54) is 32.1 Å². The van der Waals surface area contributed by atoms with E-state index >= 15 is 0 Å². The molecule has 1 rings (SSSR count). The molecule has 3 heteroatoms. The lowest BCUT2D eigenvalue weighted by atomic mass is 9.81. The molecule has 0 spiro atoms. The fourth-order valence-electron chi connectivity index (χ4n) is 3.08. The first kappa shape index (κ1) is 16.9. The second kappa shape index (κ2) is 8.93. The minimum atomic E-state index is 0.324. The Morgan fingerprint density at radius 2 is 2.11 bits per heavy atom. The van der Waals surface area contributed by atoms with E-state index in [0.29, 0.717) is 11.5 Å². The van der Waals surface area contributed by atoms with Gasteiger partial charge in [0.25, 0.3) is 0 Å². The van der Waals surface area contributed by atoms with E-state index in [2.05, 4.69) is 38.0 Å². The molecule has 1 aliphatic rings. The van der Waals surface area contributed by atoms with Crippen molar-refractivity contribution in [3.63, 3.8) is 0 Å². The molecule has 2 atom stereocenters. The van der Waals surface area contributed by atoms with Gasteiger partial charge in [-0.1, -0.05) is 20.3 Å². The first-order valence-electron chi connectivity index (χ1n) is 8.12. The molecule has 1 fully saturated rings. The van der Waals surface area contributed by atoms with Crippen molar-refractivity contribution in [3.05, 3.63) is 0 Å². The van der Waals surface area contributed by atoms with Crippen LogP contribution in [0.2, 0.25) is 0 Å². The molecule has 0 radical (unpaired) electrons. The largest absolute Gasteiger partial charge is 0.381 e. The van der Waals surface area contributed by atoms with Gasteiger partial charge in [-0.3, -0.25) is 0 Å². The molecule has 1 heterocycles. The van der Waals surface area contributed by atoms with Gasteiger partial charge in [0.15, 0.2) is 0 Å². The van der Waals surface area contributed by atoms with E-state index in [1.54, 1.807) is 0 Å². The second-order valence-electron chi connectivity index (χ2n) is 6.39. The van der Waals surface area contributed by atoms with Crippen LogP contribution in [0, 0.1) is 5.41 Å². The summed E-state index contributed by atoms with van der Waals surface area (Å²) in [5.74, 6) is 0. The van der Waals surface area contributed by atoms with Crippen LogP contribution in [-0.2, 0) is 4.74 Å². The van der Waals surface area contributed by atoms with Gasteiger partial charge in [0, 0.05) is 31.2 Å². The highest BCUT2D eigenvalue weighted by atomic mass is 16.5. The average molecular weight is 270 g/mol. The summed E-state index contributed by atoms with van der Waals surface area (Å²) in [4.78, 5) is 2.53. The summed E-state index contributed by atoms with van der Waals surface area (Å²) in [7, 11) is 2.27. The van der Waals surface area contributed by atoms with Gasteiger partial charge in [0.1, 0.15) is 0 Å². The van der Waals surface area contributed by atoms with Crippen LogP contribution in [0.5, 0.6) is 0 Å². The van der Waals surface area contributed by atoms with Gasteiger partial charge >= 0.3 is 0 Å². The topological polar surface area (TPSA) is 24.5 Å². The van der Waals surface area contributed by atoms with Crippen LogP contribution >= 0.6 is 0 Å². The predicted octanol–water partition coefficient (Wildman–Crippen LogP) is 2.90. The molecule has 0 aromatic carbocycles. The van der Waals surface area contributed by atoms with Crippen molar-refractivity contribution < 1.29 is 4.74 Å². The van der Waals surface area contributed by atoms with Gasteiger partial charge < -0.3 is 15.0 Å². The van der Waals surface area contributed by atoms with Crippen molar-refractivity contribution >= 4 is 0 Å². The van der Waals surface area contributed by atoms with Crippen LogP contribution in [0.4, 0.5) is 0 Å². The lowest BCUT2D eigenvalue weighted by Gasteiger charge is -2.41. The molecule has 0 aromatic rings. The normalized spacial score (nSPS) is 25.7. The molecule has 0 aliphatic carbocycles. The van der Waals surface area contributed by atoms with Crippen molar-refractivity contribution in [1.82, 2.24) is 10.2 Å². The zero-order chi connectivity index (χ0) is 14.1. The third kappa shape index (κ3) is 5.80. The lowest BCUT2D eigenvalue weighted by Crippen LogP contribution is -2.50. The van der Waals surface area contributed by atoms with Crippen molar-refractivity contribution in [2.24, 2.45) is 5.41 Å². The van der Waals surface area contributed by atoms with Gasteiger partial charge in [0.05, 0.1) is 6.61 Å². The van der Waals surface area contributed by atoms with Crippen LogP contribution in [0.25, 0.3) is 0 Å². The summed E-state index contributed by atoms with van der Waals surface area (Å²) < 4.78 is 5.79. The first-order chi connectivity index (χ1) is 9.13. The summed E-state index contributed by atoms with van der Waals surface area (Å²) in [5, 5.41) is 3.62. The van der Waals surface area contributed by atoms with Crippen molar-refractivity contribution in [2.45, 2.75) is 58.9 Å². The van der Waals surface area contributed by atoms with Gasteiger partial charge in [-0.05, 0) is 46.2 Å². The van der Waals surface area contributed by atoms with E-state index in [-0.39, 0.29) is 0 Å². The monoisotopic (exact) mass is 270 g/mol. The maximum atomic E-state index is 5.79. The maximum Gasteiger partial charge on any atom is 0.0546 e. The first-order valence-corrected chi connectivity index (χ1v) is 8.12. The Balaban J connectivity index is 2.52. The molecule has 0 aromatic heterocycles. The Kier molecular flexibility index (Phi) is 7.96. The number of hydrogen-bond acceptors (Lipinski definition) is 3. The van der Waals surface area contributed by atoms with E-state index < -0.39 is 0 Å². The fraction of sp³-hybridized carbons (Fsp3) is 1.00. The predicted molar refractivity (Wildman–Crippen MR) is 82.6 cm³/mol. The number of nitrogens with one attached hydrogen (secondary N) is 1. The molecule has 1 saturated heterocycles. The minimum absolute atomic E-state index is 0.324. The molecule has 1 N–H and O–H groups in total. The molecule has 0 bridgehead atoms. The second-order valence-corrected chi connectivity index (χ2v) is 6.39. The van der Waals surface area contributed by atoms with E-state index in [0.717, 1.165) is 32.8 Å². The molecular formula is C16H34N2O.